The smallest absolute Gasteiger partial charge is 0.254 e. The van der Waals surface area contributed by atoms with E-state index >= 15 is 0 Å². The van der Waals surface area contributed by atoms with Crippen LogP contribution in [0.3, 0.4) is 0 Å². The summed E-state index contributed by atoms with van der Waals surface area (Å²) in [6.45, 7) is 1.40. The van der Waals surface area contributed by atoms with Crippen molar-refractivity contribution in [1.29, 1.82) is 0 Å². The second-order valence-corrected chi connectivity index (χ2v) is 7.84. The summed E-state index contributed by atoms with van der Waals surface area (Å²) in [6.07, 6.45) is 1.89. The van der Waals surface area contributed by atoms with Crippen LogP contribution in [0, 0.1) is 5.41 Å². The molecule has 1 spiro atoms. The molecule has 2 unspecified atom stereocenters. The van der Waals surface area contributed by atoms with Crippen LogP contribution >= 0.6 is 11.3 Å². The summed E-state index contributed by atoms with van der Waals surface area (Å²) in [5, 5.41) is 21.1. The zero-order valence-corrected chi connectivity index (χ0v) is 13.6. The number of thiazole rings is 1. The van der Waals surface area contributed by atoms with Crippen LogP contribution in [-0.2, 0) is 4.79 Å². The van der Waals surface area contributed by atoms with Gasteiger partial charge in [-0.25, -0.2) is 4.98 Å². The average Bonchev–Trinajstić information content (AvgIpc) is 3.16. The van der Waals surface area contributed by atoms with Crippen molar-refractivity contribution in [3.8, 4) is 0 Å². The lowest BCUT2D eigenvalue weighted by Crippen LogP contribution is -2.43. The van der Waals surface area contributed by atoms with Crippen LogP contribution in [0.25, 0.3) is 10.2 Å². The minimum absolute atomic E-state index is 0.288. The number of carbonyl (C=O) groups excluding carboxylic acids is 1. The summed E-state index contributed by atoms with van der Waals surface area (Å²) < 4.78 is 0.941. The number of aliphatic hydroxyl groups excluding tert-OH is 2. The molecule has 2 fully saturated rings. The van der Waals surface area contributed by atoms with Gasteiger partial charge in [-0.15, -0.1) is 11.3 Å². The van der Waals surface area contributed by atoms with E-state index in [9.17, 15) is 15.0 Å². The number of likely N-dealkylation sites (tertiary alicyclic amines) is 1. The second kappa shape index (κ2) is 5.54. The lowest BCUT2D eigenvalue weighted by Gasteiger charge is -2.38. The van der Waals surface area contributed by atoms with Crippen molar-refractivity contribution < 1.29 is 15.0 Å². The summed E-state index contributed by atoms with van der Waals surface area (Å²) in [5.74, 6) is -0.375. The van der Waals surface area contributed by atoms with Crippen molar-refractivity contribution in [3.05, 3.63) is 29.3 Å². The van der Waals surface area contributed by atoms with Crippen LogP contribution < -0.4 is 0 Å². The SMILES string of the molecule is O=C(C(O)C(O)c1nc2ccccc2s1)N1CCC2(CCC2)C1. The number of benzene rings is 1. The first-order valence-electron chi connectivity index (χ1n) is 8.08. The Morgan fingerprint density at radius 2 is 2.04 bits per heavy atom. The monoisotopic (exact) mass is 332 g/mol. The van der Waals surface area contributed by atoms with Gasteiger partial charge in [-0.2, -0.15) is 0 Å². The maximum atomic E-state index is 12.5. The highest BCUT2D eigenvalue weighted by Gasteiger charge is 2.45. The van der Waals surface area contributed by atoms with Crippen LogP contribution in [0.4, 0.5) is 0 Å². The van der Waals surface area contributed by atoms with E-state index in [0.29, 0.717) is 11.6 Å². The Morgan fingerprint density at radius 3 is 2.70 bits per heavy atom. The molecule has 5 nitrogen and oxygen atoms in total. The topological polar surface area (TPSA) is 73.7 Å². The van der Waals surface area contributed by atoms with E-state index in [0.717, 1.165) is 23.2 Å². The summed E-state index contributed by atoms with van der Waals surface area (Å²) in [6, 6.07) is 7.55. The van der Waals surface area contributed by atoms with Gasteiger partial charge in [0.05, 0.1) is 10.2 Å². The summed E-state index contributed by atoms with van der Waals surface area (Å²) in [5.41, 5.74) is 1.07. The highest BCUT2D eigenvalue weighted by Crippen LogP contribution is 2.48. The van der Waals surface area contributed by atoms with E-state index in [4.69, 9.17) is 0 Å². The molecule has 1 amide bonds. The molecule has 122 valence electrons. The third kappa shape index (κ3) is 2.55. The first-order valence-corrected chi connectivity index (χ1v) is 8.90. The van der Waals surface area contributed by atoms with Crippen molar-refractivity contribution in [3.63, 3.8) is 0 Å². The Morgan fingerprint density at radius 1 is 1.26 bits per heavy atom. The number of fused-ring (bicyclic) bond motifs is 1. The molecule has 2 aromatic rings. The van der Waals surface area contributed by atoms with Gasteiger partial charge in [0.25, 0.3) is 5.91 Å². The third-order valence-electron chi connectivity index (χ3n) is 5.28. The van der Waals surface area contributed by atoms with E-state index in [-0.39, 0.29) is 11.3 Å². The fraction of sp³-hybridized carbons (Fsp3) is 0.529. The molecule has 2 heterocycles. The molecule has 1 aliphatic carbocycles. The molecule has 2 N–H and O–H groups in total. The summed E-state index contributed by atoms with van der Waals surface area (Å²) in [4.78, 5) is 18.5. The molecule has 1 saturated carbocycles. The highest BCUT2D eigenvalue weighted by atomic mass is 32.1. The van der Waals surface area contributed by atoms with Crippen molar-refractivity contribution in [1.82, 2.24) is 9.88 Å². The normalized spacial score (nSPS) is 22.3. The van der Waals surface area contributed by atoms with E-state index in [1.165, 1.54) is 30.6 Å². The minimum Gasteiger partial charge on any atom is -0.383 e. The van der Waals surface area contributed by atoms with E-state index in [1.54, 1.807) is 4.90 Å². The molecule has 1 aliphatic heterocycles. The number of para-hydroxylation sites is 1. The largest absolute Gasteiger partial charge is 0.383 e. The first-order chi connectivity index (χ1) is 11.1. The highest BCUT2D eigenvalue weighted by molar-refractivity contribution is 7.18. The molecular weight excluding hydrogens is 312 g/mol. The number of rotatable bonds is 3. The van der Waals surface area contributed by atoms with Crippen molar-refractivity contribution in [2.45, 2.75) is 37.9 Å². The molecule has 0 bridgehead atoms. The van der Waals surface area contributed by atoms with Crippen molar-refractivity contribution >= 4 is 27.5 Å². The quantitative estimate of drug-likeness (QED) is 0.903. The Balaban J connectivity index is 1.49. The van der Waals surface area contributed by atoms with Gasteiger partial charge in [-0.3, -0.25) is 4.79 Å². The Labute approximate surface area is 138 Å². The van der Waals surface area contributed by atoms with Crippen LogP contribution in [-0.4, -0.2) is 45.2 Å². The number of aliphatic hydroxyl groups is 2. The fourth-order valence-electron chi connectivity index (χ4n) is 3.68. The molecule has 1 saturated heterocycles. The maximum Gasteiger partial charge on any atom is 0.254 e. The molecule has 2 atom stereocenters. The first kappa shape index (κ1) is 15.1. The number of hydrogen-bond donors (Lipinski definition) is 2. The molecule has 0 radical (unpaired) electrons. The van der Waals surface area contributed by atoms with Gasteiger partial charge in [-0.05, 0) is 36.8 Å². The van der Waals surface area contributed by atoms with Gasteiger partial charge in [0.1, 0.15) is 11.1 Å². The number of amides is 1. The van der Waals surface area contributed by atoms with Crippen LogP contribution in [0.2, 0.25) is 0 Å². The lowest BCUT2D eigenvalue weighted by atomic mass is 9.68. The zero-order chi connectivity index (χ0) is 16.0. The number of hydrogen-bond acceptors (Lipinski definition) is 5. The standard InChI is InChI=1S/C17H20N2O3S/c20-13(15-18-11-4-1-2-5-12(11)23-15)14(21)16(22)19-9-8-17(10-19)6-3-7-17/h1-2,4-5,13-14,20-21H,3,6-10H2. The van der Waals surface area contributed by atoms with Crippen LogP contribution in [0.5, 0.6) is 0 Å². The van der Waals surface area contributed by atoms with E-state index in [1.807, 2.05) is 24.3 Å². The van der Waals surface area contributed by atoms with Gasteiger partial charge < -0.3 is 15.1 Å². The van der Waals surface area contributed by atoms with Gasteiger partial charge >= 0.3 is 0 Å². The fourth-order valence-corrected chi connectivity index (χ4v) is 4.67. The second-order valence-electron chi connectivity index (χ2n) is 6.77. The third-order valence-corrected chi connectivity index (χ3v) is 6.39. The van der Waals surface area contributed by atoms with Gasteiger partial charge in [0.15, 0.2) is 6.10 Å². The van der Waals surface area contributed by atoms with Gasteiger partial charge in [0.2, 0.25) is 0 Å². The van der Waals surface area contributed by atoms with Crippen LogP contribution in [0.1, 0.15) is 36.8 Å². The number of aromatic nitrogens is 1. The zero-order valence-electron chi connectivity index (χ0n) is 12.8. The molecule has 6 heteroatoms. The molecule has 1 aromatic carbocycles. The molecule has 1 aromatic heterocycles. The Hall–Kier alpha value is -1.50. The molecule has 2 aliphatic rings. The number of carbonyl (C=O) groups is 1. The molecular formula is C17H20N2O3S. The van der Waals surface area contributed by atoms with E-state index < -0.39 is 12.2 Å². The van der Waals surface area contributed by atoms with Gasteiger partial charge in [0, 0.05) is 13.1 Å². The van der Waals surface area contributed by atoms with Crippen LogP contribution in [0.15, 0.2) is 24.3 Å². The minimum atomic E-state index is -1.44. The Kier molecular flexibility index (Phi) is 3.63. The average molecular weight is 332 g/mol. The predicted molar refractivity (Wildman–Crippen MR) is 88.1 cm³/mol. The van der Waals surface area contributed by atoms with Crippen molar-refractivity contribution in [2.24, 2.45) is 5.41 Å². The Bertz CT molecular complexity index is 707. The van der Waals surface area contributed by atoms with Crippen molar-refractivity contribution in [2.75, 3.05) is 13.1 Å². The summed E-state index contributed by atoms with van der Waals surface area (Å²) >= 11 is 1.32. The maximum absolute atomic E-state index is 12.5. The number of nitrogens with zero attached hydrogens (tertiary/aromatic N) is 2. The lowest BCUT2D eigenvalue weighted by molar-refractivity contribution is -0.146. The predicted octanol–water partition coefficient (Wildman–Crippen LogP) is 2.09. The van der Waals surface area contributed by atoms with E-state index in [2.05, 4.69) is 4.98 Å². The molecule has 4 rings (SSSR count). The summed E-state index contributed by atoms with van der Waals surface area (Å²) in [7, 11) is 0. The van der Waals surface area contributed by atoms with Gasteiger partial charge in [-0.1, -0.05) is 18.6 Å². The molecule has 23 heavy (non-hydrogen) atoms.